The van der Waals surface area contributed by atoms with E-state index in [1.165, 1.54) is 0 Å². The number of aliphatic carboxylic acids is 1. The van der Waals surface area contributed by atoms with Crippen molar-refractivity contribution in [3.8, 4) is 0 Å². The fourth-order valence-corrected chi connectivity index (χ4v) is 2.82. The maximum absolute atomic E-state index is 11.2. The second-order valence-corrected chi connectivity index (χ2v) is 5.24. The van der Waals surface area contributed by atoms with E-state index in [4.69, 9.17) is 5.11 Å². The number of aryl methyl sites for hydroxylation is 1. The Morgan fingerprint density at radius 3 is 2.95 bits per heavy atom. The normalized spacial score (nSPS) is 19.2. The van der Waals surface area contributed by atoms with E-state index in [2.05, 4.69) is 15.5 Å². The zero-order chi connectivity index (χ0) is 13.8. The van der Waals surface area contributed by atoms with Gasteiger partial charge in [-0.3, -0.25) is 9.59 Å². The zero-order valence-corrected chi connectivity index (χ0v) is 11.4. The Kier molecular flexibility index (Phi) is 4.41. The number of carboxylic acid groups (broad SMARTS) is 1. The third-order valence-corrected chi connectivity index (χ3v) is 3.91. The van der Waals surface area contributed by atoms with E-state index in [0.29, 0.717) is 18.1 Å². The number of carbonyl (C=O) groups excluding carboxylic acids is 1. The van der Waals surface area contributed by atoms with Gasteiger partial charge in [-0.25, -0.2) is 0 Å². The summed E-state index contributed by atoms with van der Waals surface area (Å²) in [6.45, 7) is 2.53. The topological polar surface area (TPSA) is 97.1 Å². The van der Waals surface area contributed by atoms with E-state index in [1.54, 1.807) is 0 Å². The van der Waals surface area contributed by atoms with Gasteiger partial charge in [0.05, 0.1) is 11.8 Å². The molecule has 7 nitrogen and oxygen atoms in total. The Hall–Kier alpha value is -1.57. The number of thioether (sulfide) groups is 1. The van der Waals surface area contributed by atoms with Crippen LogP contribution in [0.15, 0.2) is 5.16 Å². The number of hydrogen-bond acceptors (Lipinski definition) is 5. The lowest BCUT2D eigenvalue weighted by Crippen LogP contribution is -2.36. The predicted octanol–water partition coefficient (Wildman–Crippen LogP) is 0.468. The molecular formula is C11H16N4O3S. The molecule has 1 fully saturated rings. The molecule has 1 atom stereocenters. The summed E-state index contributed by atoms with van der Waals surface area (Å²) >= 11 is 1.16. The monoisotopic (exact) mass is 284 g/mol. The average molecular weight is 284 g/mol. The minimum Gasteiger partial charge on any atom is -0.481 e. The van der Waals surface area contributed by atoms with Crippen molar-refractivity contribution in [3.05, 3.63) is 5.82 Å². The van der Waals surface area contributed by atoms with Crippen LogP contribution in [0.25, 0.3) is 0 Å². The Morgan fingerprint density at radius 2 is 2.37 bits per heavy atom. The van der Waals surface area contributed by atoms with E-state index in [-0.39, 0.29) is 17.7 Å². The van der Waals surface area contributed by atoms with E-state index in [9.17, 15) is 9.59 Å². The number of nitrogens with one attached hydrogen (secondary N) is 1. The standard InChI is InChI=1S/C11H16N4O3S/c1-2-8-13-14-11(19-6-10(17)18)15(8)7-3-4-9(16)12-5-7/h7H,2-6H2,1H3,(H,12,16)(H,17,18). The van der Waals surface area contributed by atoms with Gasteiger partial charge in [0.1, 0.15) is 5.82 Å². The first kappa shape index (κ1) is 13.9. The van der Waals surface area contributed by atoms with Crippen LogP contribution >= 0.6 is 11.8 Å². The minimum absolute atomic E-state index is 0.0407. The third kappa shape index (κ3) is 3.25. The number of carbonyl (C=O) groups is 2. The molecule has 2 heterocycles. The van der Waals surface area contributed by atoms with Gasteiger partial charge in [0.25, 0.3) is 0 Å². The van der Waals surface area contributed by atoms with Gasteiger partial charge < -0.3 is 15.0 Å². The fourth-order valence-electron chi connectivity index (χ4n) is 2.08. The molecule has 104 valence electrons. The van der Waals surface area contributed by atoms with E-state index >= 15 is 0 Å². The van der Waals surface area contributed by atoms with Crippen LogP contribution in [-0.4, -0.2) is 44.0 Å². The van der Waals surface area contributed by atoms with Gasteiger partial charge >= 0.3 is 5.97 Å². The van der Waals surface area contributed by atoms with Gasteiger partial charge in [0.2, 0.25) is 5.91 Å². The maximum atomic E-state index is 11.2. The molecule has 1 amide bonds. The van der Waals surface area contributed by atoms with Crippen LogP contribution in [0.5, 0.6) is 0 Å². The number of hydrogen-bond donors (Lipinski definition) is 2. The Labute approximate surface area is 114 Å². The lowest BCUT2D eigenvalue weighted by atomic mass is 10.1. The number of nitrogens with zero attached hydrogens (tertiary/aromatic N) is 3. The van der Waals surface area contributed by atoms with Crippen molar-refractivity contribution >= 4 is 23.6 Å². The summed E-state index contributed by atoms with van der Waals surface area (Å²) in [5, 5.41) is 20.3. The first-order valence-electron chi connectivity index (χ1n) is 6.17. The molecule has 0 aliphatic carbocycles. The molecule has 0 aromatic carbocycles. The molecule has 2 N–H and O–H groups in total. The summed E-state index contributed by atoms with van der Waals surface area (Å²) in [7, 11) is 0. The number of amides is 1. The van der Waals surface area contributed by atoms with Gasteiger partial charge in [0, 0.05) is 19.4 Å². The molecule has 1 aliphatic rings. The highest BCUT2D eigenvalue weighted by molar-refractivity contribution is 7.99. The van der Waals surface area contributed by atoms with Crippen LogP contribution < -0.4 is 5.32 Å². The lowest BCUT2D eigenvalue weighted by molar-refractivity contribution is -0.134. The number of carboxylic acids is 1. The van der Waals surface area contributed by atoms with Gasteiger partial charge in [-0.15, -0.1) is 10.2 Å². The molecule has 19 heavy (non-hydrogen) atoms. The molecule has 0 bridgehead atoms. The van der Waals surface area contributed by atoms with Gasteiger partial charge in [-0.05, 0) is 6.42 Å². The second kappa shape index (κ2) is 6.05. The summed E-state index contributed by atoms with van der Waals surface area (Å²) in [6, 6.07) is 0.110. The summed E-state index contributed by atoms with van der Waals surface area (Å²) in [4.78, 5) is 21.8. The second-order valence-electron chi connectivity index (χ2n) is 4.30. The van der Waals surface area contributed by atoms with E-state index < -0.39 is 5.97 Å². The largest absolute Gasteiger partial charge is 0.481 e. The first-order chi connectivity index (χ1) is 9.11. The molecule has 1 aromatic rings. The van der Waals surface area contributed by atoms with E-state index in [0.717, 1.165) is 30.4 Å². The first-order valence-corrected chi connectivity index (χ1v) is 7.15. The zero-order valence-electron chi connectivity index (χ0n) is 10.6. The average Bonchev–Trinajstić information content (AvgIpc) is 2.80. The molecule has 1 aliphatic heterocycles. The van der Waals surface area contributed by atoms with Crippen LogP contribution in [0, 0.1) is 0 Å². The van der Waals surface area contributed by atoms with Crippen LogP contribution in [0.4, 0.5) is 0 Å². The number of aromatic nitrogens is 3. The highest BCUT2D eigenvalue weighted by Crippen LogP contribution is 2.26. The highest BCUT2D eigenvalue weighted by atomic mass is 32.2. The predicted molar refractivity (Wildman–Crippen MR) is 69.0 cm³/mol. The molecule has 2 rings (SSSR count). The summed E-state index contributed by atoms with van der Waals surface area (Å²) in [5.74, 6) is -0.0355. The molecule has 1 unspecified atom stereocenters. The van der Waals surface area contributed by atoms with Crippen LogP contribution in [0.1, 0.15) is 31.6 Å². The molecular weight excluding hydrogens is 268 g/mol. The van der Waals surface area contributed by atoms with Crippen molar-refractivity contribution < 1.29 is 14.7 Å². The molecule has 1 saturated heterocycles. The van der Waals surface area contributed by atoms with Crippen LogP contribution in [0.2, 0.25) is 0 Å². The van der Waals surface area contributed by atoms with Crippen molar-refractivity contribution in [2.24, 2.45) is 0 Å². The summed E-state index contributed by atoms with van der Waals surface area (Å²) in [5.41, 5.74) is 0. The minimum atomic E-state index is -0.880. The molecule has 0 saturated carbocycles. The SMILES string of the molecule is CCc1nnc(SCC(=O)O)n1C1CCC(=O)NC1. The smallest absolute Gasteiger partial charge is 0.313 e. The Morgan fingerprint density at radius 1 is 1.58 bits per heavy atom. The van der Waals surface area contributed by atoms with Crippen molar-refractivity contribution in [3.63, 3.8) is 0 Å². The van der Waals surface area contributed by atoms with E-state index in [1.807, 2.05) is 11.5 Å². The fraction of sp³-hybridized carbons (Fsp3) is 0.636. The quantitative estimate of drug-likeness (QED) is 0.763. The molecule has 0 spiro atoms. The van der Waals surface area contributed by atoms with Crippen LogP contribution in [-0.2, 0) is 16.0 Å². The van der Waals surface area contributed by atoms with Crippen molar-refractivity contribution in [2.75, 3.05) is 12.3 Å². The molecule has 0 radical (unpaired) electrons. The number of rotatable bonds is 5. The Balaban J connectivity index is 2.18. The van der Waals surface area contributed by atoms with Gasteiger partial charge in [-0.1, -0.05) is 18.7 Å². The third-order valence-electron chi connectivity index (χ3n) is 2.98. The van der Waals surface area contributed by atoms with Crippen molar-refractivity contribution in [1.29, 1.82) is 0 Å². The summed E-state index contributed by atoms with van der Waals surface area (Å²) in [6.07, 6.45) is 1.94. The van der Waals surface area contributed by atoms with Crippen molar-refractivity contribution in [2.45, 2.75) is 37.4 Å². The van der Waals surface area contributed by atoms with Gasteiger partial charge in [0.15, 0.2) is 5.16 Å². The molecule has 1 aromatic heterocycles. The lowest BCUT2D eigenvalue weighted by Gasteiger charge is -2.25. The highest BCUT2D eigenvalue weighted by Gasteiger charge is 2.25. The Bertz CT molecular complexity index is 478. The number of piperidine rings is 1. The van der Waals surface area contributed by atoms with Crippen LogP contribution in [0.3, 0.4) is 0 Å². The summed E-state index contributed by atoms with van der Waals surface area (Å²) < 4.78 is 1.97. The van der Waals surface area contributed by atoms with Gasteiger partial charge in [-0.2, -0.15) is 0 Å². The molecule has 8 heteroatoms. The maximum Gasteiger partial charge on any atom is 0.313 e. The van der Waals surface area contributed by atoms with Crippen molar-refractivity contribution in [1.82, 2.24) is 20.1 Å².